The number of nitrogens with zero attached hydrogens (tertiary/aromatic N) is 2. The predicted octanol–water partition coefficient (Wildman–Crippen LogP) is 5.92. The van der Waals surface area contributed by atoms with E-state index < -0.39 is 0 Å². The summed E-state index contributed by atoms with van der Waals surface area (Å²) in [5, 5.41) is 10.1. The highest BCUT2D eigenvalue weighted by Crippen LogP contribution is 2.64. The zero-order valence-electron chi connectivity index (χ0n) is 26.2. The van der Waals surface area contributed by atoms with E-state index in [1.165, 1.54) is 16.7 Å². The Labute approximate surface area is 257 Å². The lowest BCUT2D eigenvalue weighted by Crippen LogP contribution is -2.69. The summed E-state index contributed by atoms with van der Waals surface area (Å²) in [5.41, 5.74) is 4.13. The lowest BCUT2D eigenvalue weighted by atomic mass is 9.51. The average molecular weight is 587 g/mol. The fourth-order valence-corrected chi connectivity index (χ4v) is 9.40. The Hall–Kier alpha value is -2.57. The molecule has 43 heavy (non-hydrogen) atoms. The van der Waals surface area contributed by atoms with Crippen LogP contribution in [0.3, 0.4) is 0 Å². The van der Waals surface area contributed by atoms with E-state index in [9.17, 15) is 9.90 Å². The van der Waals surface area contributed by atoms with Crippen molar-refractivity contribution in [3.63, 3.8) is 0 Å². The van der Waals surface area contributed by atoms with Crippen LogP contribution >= 0.6 is 0 Å². The van der Waals surface area contributed by atoms with Gasteiger partial charge in [-0.25, -0.2) is 0 Å². The molecule has 1 amide bonds. The van der Waals surface area contributed by atoms with E-state index in [1.54, 1.807) is 7.11 Å². The molecule has 5 aliphatic rings. The third-order valence-electron chi connectivity index (χ3n) is 11.6. The van der Waals surface area contributed by atoms with Crippen LogP contribution in [0.4, 0.5) is 0 Å². The molecular formula is C37H50N2O4. The maximum atomic E-state index is 14.0. The number of ether oxygens (including phenoxy) is 2. The largest absolute Gasteiger partial charge is 0.493 e. The summed E-state index contributed by atoms with van der Waals surface area (Å²) in [7, 11) is 1.75. The Kier molecular flexibility index (Phi) is 8.19. The van der Waals surface area contributed by atoms with Gasteiger partial charge in [-0.15, -0.1) is 0 Å². The molecule has 1 N–H and O–H groups in total. The van der Waals surface area contributed by atoms with E-state index in [4.69, 9.17) is 9.47 Å². The van der Waals surface area contributed by atoms with Gasteiger partial charge in [0.1, 0.15) is 6.10 Å². The molecule has 2 aliphatic heterocycles. The average Bonchev–Trinajstić information content (AvgIpc) is 3.61. The molecule has 3 aliphatic carbocycles. The summed E-state index contributed by atoms with van der Waals surface area (Å²) in [6.07, 6.45) is 12.0. The molecular weight excluding hydrogens is 536 g/mol. The van der Waals surface area contributed by atoms with Gasteiger partial charge in [0.2, 0.25) is 5.91 Å². The van der Waals surface area contributed by atoms with Gasteiger partial charge in [0, 0.05) is 42.4 Å². The second kappa shape index (κ2) is 12.1. The van der Waals surface area contributed by atoms with Crippen molar-refractivity contribution in [3.05, 3.63) is 59.2 Å². The number of amides is 1. The maximum absolute atomic E-state index is 14.0. The molecule has 6 nitrogen and oxygen atoms in total. The van der Waals surface area contributed by atoms with Crippen LogP contribution < -0.4 is 9.47 Å². The zero-order chi connectivity index (χ0) is 29.6. The fraction of sp³-hybridized carbons (Fsp3) is 0.649. The normalized spacial score (nSPS) is 31.7. The van der Waals surface area contributed by atoms with Gasteiger partial charge in [0.25, 0.3) is 0 Å². The number of rotatable bonds is 13. The molecule has 0 aromatic heterocycles. The molecule has 2 heterocycles. The number of benzene rings is 2. The van der Waals surface area contributed by atoms with Crippen LogP contribution in [-0.2, 0) is 23.1 Å². The van der Waals surface area contributed by atoms with Crippen molar-refractivity contribution >= 4 is 5.91 Å². The standard InChI is InChI=1S/C37H50N2O4/c1-3-4-20-39(33(41)14-10-6-9-13-25-11-7-5-8-12-25)29-17-16-28-30-22-26-15-18-32(42-2)35-34(26)37(28,36(29)43-35)19-21-38(30)24-27-23-31(27)40/h5,7-8,11-12,15,18,27-31,36,40H,3-4,6,9-10,13-14,16-17,19-24H2,1-2H3/t27?,28-,29+,30+,31?,36-,37-/m0/s1. The van der Waals surface area contributed by atoms with Gasteiger partial charge in [-0.1, -0.05) is 56.2 Å². The van der Waals surface area contributed by atoms with Crippen LogP contribution in [0.1, 0.15) is 87.8 Å². The summed E-state index contributed by atoms with van der Waals surface area (Å²) in [4.78, 5) is 19.0. The number of carbonyl (C=O) groups is 1. The van der Waals surface area contributed by atoms with E-state index in [0.29, 0.717) is 30.2 Å². The summed E-state index contributed by atoms with van der Waals surface area (Å²) in [5.74, 6) is 3.05. The van der Waals surface area contributed by atoms with Crippen molar-refractivity contribution < 1.29 is 19.4 Å². The van der Waals surface area contributed by atoms with Crippen molar-refractivity contribution in [1.82, 2.24) is 9.80 Å². The zero-order valence-corrected chi connectivity index (χ0v) is 26.2. The number of carbonyl (C=O) groups excluding carboxylic acids is 1. The number of unbranched alkanes of at least 4 members (excludes halogenated alkanes) is 3. The molecule has 2 saturated carbocycles. The molecule has 0 radical (unpaired) electrons. The highest BCUT2D eigenvalue weighted by Gasteiger charge is 2.66. The first kappa shape index (κ1) is 29.2. The Morgan fingerprint density at radius 2 is 1.95 bits per heavy atom. The van der Waals surface area contributed by atoms with Crippen molar-refractivity contribution in [2.45, 2.75) is 114 Å². The molecule has 232 valence electrons. The smallest absolute Gasteiger partial charge is 0.222 e. The Morgan fingerprint density at radius 1 is 1.12 bits per heavy atom. The number of likely N-dealkylation sites (tertiary alicyclic amines) is 1. The number of hydrogen-bond donors (Lipinski definition) is 1. The molecule has 7 rings (SSSR count). The third-order valence-corrected chi connectivity index (χ3v) is 11.6. The van der Waals surface area contributed by atoms with E-state index in [1.807, 2.05) is 0 Å². The molecule has 3 fully saturated rings. The number of piperidine rings is 1. The molecule has 2 bridgehead atoms. The van der Waals surface area contributed by atoms with Gasteiger partial charge in [-0.2, -0.15) is 0 Å². The van der Waals surface area contributed by atoms with Crippen LogP contribution in [0.25, 0.3) is 0 Å². The number of methoxy groups -OCH3 is 1. The summed E-state index contributed by atoms with van der Waals surface area (Å²) in [6.45, 7) is 5.09. The number of hydrogen-bond acceptors (Lipinski definition) is 5. The molecule has 1 saturated heterocycles. The van der Waals surface area contributed by atoms with Gasteiger partial charge in [-0.3, -0.25) is 9.69 Å². The monoisotopic (exact) mass is 586 g/mol. The highest BCUT2D eigenvalue weighted by molar-refractivity contribution is 5.77. The minimum atomic E-state index is -0.114. The van der Waals surface area contributed by atoms with E-state index in [2.05, 4.69) is 59.2 Å². The minimum Gasteiger partial charge on any atom is -0.493 e. The van der Waals surface area contributed by atoms with Crippen LogP contribution in [0, 0.1) is 11.8 Å². The Balaban J connectivity index is 1.12. The highest BCUT2D eigenvalue weighted by atomic mass is 16.5. The van der Waals surface area contributed by atoms with Gasteiger partial charge in [0.05, 0.1) is 19.3 Å². The van der Waals surface area contributed by atoms with Crippen molar-refractivity contribution in [2.75, 3.05) is 26.7 Å². The van der Waals surface area contributed by atoms with Gasteiger partial charge in [0.15, 0.2) is 11.5 Å². The predicted molar refractivity (Wildman–Crippen MR) is 169 cm³/mol. The first-order chi connectivity index (χ1) is 21.0. The summed E-state index contributed by atoms with van der Waals surface area (Å²) < 4.78 is 13.0. The second-order valence-corrected chi connectivity index (χ2v) is 14.0. The van der Waals surface area contributed by atoms with Crippen molar-refractivity contribution in [3.8, 4) is 11.5 Å². The van der Waals surface area contributed by atoms with Crippen LogP contribution in [-0.4, -0.2) is 71.8 Å². The number of aliphatic hydroxyl groups excluding tert-OH is 1. The first-order valence-electron chi connectivity index (χ1n) is 17.2. The molecule has 6 heteroatoms. The topological polar surface area (TPSA) is 62.2 Å². The lowest BCUT2D eigenvalue weighted by molar-refractivity contribution is -0.143. The van der Waals surface area contributed by atoms with E-state index >= 15 is 0 Å². The molecule has 2 unspecified atom stereocenters. The van der Waals surface area contributed by atoms with Crippen LogP contribution in [0.15, 0.2) is 42.5 Å². The first-order valence-corrected chi connectivity index (χ1v) is 17.2. The van der Waals surface area contributed by atoms with E-state index in [-0.39, 0.29) is 23.7 Å². The van der Waals surface area contributed by atoms with Crippen LogP contribution in [0.2, 0.25) is 0 Å². The van der Waals surface area contributed by atoms with E-state index in [0.717, 1.165) is 102 Å². The molecule has 7 atom stereocenters. The third kappa shape index (κ3) is 5.16. The quantitative estimate of drug-likeness (QED) is 0.296. The SMILES string of the molecule is CCCCN(C(=O)CCCCCc1ccccc1)[C@@H]1CC[C@H]2[C@H]3Cc4ccc(OC)c5c4[C@@]2(CCN3CC2CC2O)[C@H]1O5. The number of aliphatic hydroxyl groups is 1. The second-order valence-electron chi connectivity index (χ2n) is 14.0. The van der Waals surface area contributed by atoms with Gasteiger partial charge >= 0.3 is 0 Å². The van der Waals surface area contributed by atoms with Gasteiger partial charge in [-0.05, 0) is 87.4 Å². The number of aryl methyl sites for hydroxylation is 1. The van der Waals surface area contributed by atoms with Crippen molar-refractivity contribution in [2.24, 2.45) is 11.8 Å². The summed E-state index contributed by atoms with van der Waals surface area (Å²) in [6, 6.07) is 15.6. The summed E-state index contributed by atoms with van der Waals surface area (Å²) >= 11 is 0. The fourth-order valence-electron chi connectivity index (χ4n) is 9.40. The Bertz CT molecular complexity index is 1300. The molecule has 2 aromatic rings. The lowest BCUT2D eigenvalue weighted by Gasteiger charge is -2.60. The Morgan fingerprint density at radius 3 is 2.72 bits per heavy atom. The molecule has 2 aromatic carbocycles. The van der Waals surface area contributed by atoms with Crippen molar-refractivity contribution in [1.29, 1.82) is 0 Å². The maximum Gasteiger partial charge on any atom is 0.222 e. The minimum absolute atomic E-state index is 0.0216. The molecule has 1 spiro atoms. The van der Waals surface area contributed by atoms with Crippen LogP contribution in [0.5, 0.6) is 11.5 Å². The van der Waals surface area contributed by atoms with Gasteiger partial charge < -0.3 is 19.5 Å².